The smallest absolute Gasteiger partial charge is 0.337 e. The Bertz CT molecular complexity index is 879. The second-order valence-corrected chi connectivity index (χ2v) is 6.09. The molecule has 0 bridgehead atoms. The molecule has 1 fully saturated rings. The summed E-state index contributed by atoms with van der Waals surface area (Å²) < 4.78 is 31.8. The Balaban J connectivity index is 1.57. The Kier molecular flexibility index (Phi) is 5.16. The summed E-state index contributed by atoms with van der Waals surface area (Å²) in [4.78, 5) is 35.7. The zero-order chi connectivity index (χ0) is 19.6. The lowest BCUT2D eigenvalue weighted by atomic mass is 10.2. The fourth-order valence-corrected chi connectivity index (χ4v) is 2.65. The van der Waals surface area contributed by atoms with Crippen LogP contribution in [0, 0.1) is 23.5 Å². The van der Waals surface area contributed by atoms with Crippen molar-refractivity contribution in [2.45, 2.75) is 6.42 Å². The van der Waals surface area contributed by atoms with E-state index in [1.165, 1.54) is 37.4 Å². The fourth-order valence-electron chi connectivity index (χ4n) is 2.65. The van der Waals surface area contributed by atoms with Crippen LogP contribution in [0.25, 0.3) is 0 Å². The van der Waals surface area contributed by atoms with Crippen molar-refractivity contribution in [2.24, 2.45) is 11.8 Å². The number of rotatable bonds is 5. The second kappa shape index (κ2) is 7.53. The lowest BCUT2D eigenvalue weighted by Crippen LogP contribution is -2.21. The minimum atomic E-state index is -0.879. The van der Waals surface area contributed by atoms with Gasteiger partial charge in [0.05, 0.1) is 24.5 Å². The number of carbonyl (C=O) groups is 3. The molecule has 6 nitrogen and oxygen atoms in total. The van der Waals surface area contributed by atoms with Crippen molar-refractivity contribution in [3.63, 3.8) is 0 Å². The monoisotopic (exact) mass is 374 g/mol. The highest BCUT2D eigenvalue weighted by Crippen LogP contribution is 2.40. The third-order valence-electron chi connectivity index (χ3n) is 4.25. The Morgan fingerprint density at radius 1 is 0.926 bits per heavy atom. The van der Waals surface area contributed by atoms with Crippen molar-refractivity contribution < 1.29 is 27.9 Å². The molecule has 1 saturated carbocycles. The van der Waals surface area contributed by atoms with Gasteiger partial charge in [-0.1, -0.05) is 6.07 Å². The van der Waals surface area contributed by atoms with Crippen molar-refractivity contribution in [3.05, 3.63) is 59.7 Å². The normalized spacial score (nSPS) is 17.7. The predicted octanol–water partition coefficient (Wildman–Crippen LogP) is 2.96. The molecule has 2 aromatic carbocycles. The van der Waals surface area contributed by atoms with Gasteiger partial charge in [0.1, 0.15) is 17.3 Å². The standard InChI is InChI=1S/C19H16F2N2O4/c1-27-19(26)10-5-7-11(8-6-10)22-17(24)12-9-13(12)18(25)23-16-14(20)3-2-4-15(16)21/h2-8,12-13H,9H2,1H3,(H,22,24)(H,23,25). The number of methoxy groups -OCH3 is 1. The molecule has 140 valence electrons. The van der Waals surface area contributed by atoms with Gasteiger partial charge in [-0.2, -0.15) is 0 Å². The predicted molar refractivity (Wildman–Crippen MR) is 93.0 cm³/mol. The first-order valence-electron chi connectivity index (χ1n) is 8.15. The van der Waals surface area contributed by atoms with E-state index in [1.807, 2.05) is 0 Å². The van der Waals surface area contributed by atoms with Crippen LogP contribution in [0.1, 0.15) is 16.8 Å². The molecule has 2 atom stereocenters. The van der Waals surface area contributed by atoms with E-state index in [9.17, 15) is 23.2 Å². The van der Waals surface area contributed by atoms with E-state index in [0.29, 0.717) is 11.3 Å². The van der Waals surface area contributed by atoms with E-state index < -0.39 is 41.0 Å². The Morgan fingerprint density at radius 2 is 1.48 bits per heavy atom. The van der Waals surface area contributed by atoms with Crippen molar-refractivity contribution in [2.75, 3.05) is 17.7 Å². The molecule has 0 aromatic heterocycles. The second-order valence-electron chi connectivity index (χ2n) is 6.09. The number of para-hydroxylation sites is 1. The summed E-state index contributed by atoms with van der Waals surface area (Å²) in [5.74, 6) is -4.48. The van der Waals surface area contributed by atoms with Crippen molar-refractivity contribution in [3.8, 4) is 0 Å². The fraction of sp³-hybridized carbons (Fsp3) is 0.211. The molecule has 0 radical (unpaired) electrons. The molecule has 0 heterocycles. The van der Waals surface area contributed by atoms with Gasteiger partial charge in [-0.15, -0.1) is 0 Å². The Labute approximate surface area is 153 Å². The van der Waals surface area contributed by atoms with Crippen LogP contribution < -0.4 is 10.6 Å². The Hall–Kier alpha value is -3.29. The van der Waals surface area contributed by atoms with Gasteiger partial charge in [0.25, 0.3) is 0 Å². The van der Waals surface area contributed by atoms with Gasteiger partial charge in [0, 0.05) is 5.69 Å². The van der Waals surface area contributed by atoms with E-state index in [1.54, 1.807) is 0 Å². The molecular weight excluding hydrogens is 358 g/mol. The van der Waals surface area contributed by atoms with Gasteiger partial charge >= 0.3 is 5.97 Å². The van der Waals surface area contributed by atoms with Gasteiger partial charge in [0.15, 0.2) is 0 Å². The quantitative estimate of drug-likeness (QED) is 0.788. The maximum atomic E-state index is 13.6. The molecule has 0 spiro atoms. The highest BCUT2D eigenvalue weighted by Gasteiger charge is 2.48. The highest BCUT2D eigenvalue weighted by atomic mass is 19.1. The molecule has 1 aliphatic rings. The van der Waals surface area contributed by atoms with E-state index in [4.69, 9.17) is 0 Å². The number of hydrogen-bond acceptors (Lipinski definition) is 4. The molecule has 2 unspecified atom stereocenters. The van der Waals surface area contributed by atoms with E-state index in [2.05, 4.69) is 15.4 Å². The third kappa shape index (κ3) is 4.11. The molecule has 0 saturated heterocycles. The van der Waals surface area contributed by atoms with E-state index >= 15 is 0 Å². The molecule has 27 heavy (non-hydrogen) atoms. The molecule has 2 N–H and O–H groups in total. The first-order chi connectivity index (χ1) is 12.9. The summed E-state index contributed by atoms with van der Waals surface area (Å²) in [6, 6.07) is 9.34. The van der Waals surface area contributed by atoms with Gasteiger partial charge in [-0.25, -0.2) is 13.6 Å². The van der Waals surface area contributed by atoms with Gasteiger partial charge < -0.3 is 15.4 Å². The van der Waals surface area contributed by atoms with Crippen LogP contribution in [0.2, 0.25) is 0 Å². The van der Waals surface area contributed by atoms with Gasteiger partial charge in [-0.05, 0) is 42.8 Å². The zero-order valence-corrected chi connectivity index (χ0v) is 14.3. The average Bonchev–Trinajstić information content (AvgIpc) is 3.46. The summed E-state index contributed by atoms with van der Waals surface area (Å²) in [5.41, 5.74) is 0.275. The molecule has 1 aliphatic carbocycles. The minimum absolute atomic E-state index is 0.286. The molecule has 2 aromatic rings. The number of halogens is 2. The molecule has 0 aliphatic heterocycles. The van der Waals surface area contributed by atoms with Crippen LogP contribution in [0.5, 0.6) is 0 Å². The molecular formula is C19H16F2N2O4. The summed E-state index contributed by atoms with van der Waals surface area (Å²) in [7, 11) is 1.27. The number of anilines is 2. The first kappa shape index (κ1) is 18.5. The number of benzene rings is 2. The summed E-state index contributed by atoms with van der Waals surface area (Å²) in [6.45, 7) is 0. The summed E-state index contributed by atoms with van der Waals surface area (Å²) in [5, 5.41) is 4.84. The van der Waals surface area contributed by atoms with Crippen molar-refractivity contribution >= 4 is 29.2 Å². The topological polar surface area (TPSA) is 84.5 Å². The lowest BCUT2D eigenvalue weighted by molar-refractivity contribution is -0.122. The van der Waals surface area contributed by atoms with Crippen molar-refractivity contribution in [1.29, 1.82) is 0 Å². The molecule has 8 heteroatoms. The minimum Gasteiger partial charge on any atom is -0.465 e. The van der Waals surface area contributed by atoms with Crippen LogP contribution in [0.4, 0.5) is 20.2 Å². The van der Waals surface area contributed by atoms with E-state index in [-0.39, 0.29) is 12.3 Å². The number of esters is 1. The summed E-state index contributed by atoms with van der Waals surface area (Å²) in [6.07, 6.45) is 0.286. The van der Waals surface area contributed by atoms with Crippen LogP contribution >= 0.6 is 0 Å². The van der Waals surface area contributed by atoms with Crippen LogP contribution in [-0.2, 0) is 14.3 Å². The highest BCUT2D eigenvalue weighted by molar-refractivity contribution is 6.03. The third-order valence-corrected chi connectivity index (χ3v) is 4.25. The summed E-state index contributed by atoms with van der Waals surface area (Å²) >= 11 is 0. The van der Waals surface area contributed by atoms with Crippen LogP contribution in [0.3, 0.4) is 0 Å². The van der Waals surface area contributed by atoms with Crippen LogP contribution in [-0.4, -0.2) is 24.9 Å². The number of hydrogen-bond donors (Lipinski definition) is 2. The van der Waals surface area contributed by atoms with Crippen molar-refractivity contribution in [1.82, 2.24) is 0 Å². The van der Waals surface area contributed by atoms with Crippen LogP contribution in [0.15, 0.2) is 42.5 Å². The van der Waals surface area contributed by atoms with Gasteiger partial charge in [0.2, 0.25) is 11.8 Å². The molecule has 3 rings (SSSR count). The molecule has 2 amide bonds. The maximum Gasteiger partial charge on any atom is 0.337 e. The van der Waals surface area contributed by atoms with Gasteiger partial charge in [-0.3, -0.25) is 9.59 Å². The lowest BCUT2D eigenvalue weighted by Gasteiger charge is -2.08. The Morgan fingerprint density at radius 3 is 2.04 bits per heavy atom. The largest absolute Gasteiger partial charge is 0.465 e. The SMILES string of the molecule is COC(=O)c1ccc(NC(=O)C2CC2C(=O)Nc2c(F)cccc2F)cc1. The number of amides is 2. The zero-order valence-electron chi connectivity index (χ0n) is 14.3. The number of nitrogens with one attached hydrogen (secondary N) is 2. The maximum absolute atomic E-state index is 13.6. The number of carbonyl (C=O) groups excluding carboxylic acids is 3. The first-order valence-corrected chi connectivity index (χ1v) is 8.15. The van der Waals surface area contributed by atoms with E-state index in [0.717, 1.165) is 12.1 Å². The number of ether oxygens (including phenoxy) is 1. The average molecular weight is 374 g/mol.